The molecule has 0 radical (unpaired) electrons. The summed E-state index contributed by atoms with van der Waals surface area (Å²) in [6, 6.07) is 5.78. The number of rotatable bonds is 5. The number of nitrogens with one attached hydrogen (secondary N) is 1. The van der Waals surface area contributed by atoms with Gasteiger partial charge in [-0.05, 0) is 37.4 Å². The Kier molecular flexibility index (Phi) is 4.34. The highest BCUT2D eigenvalue weighted by molar-refractivity contribution is 5.61. The molecule has 1 fully saturated rings. The van der Waals surface area contributed by atoms with Gasteiger partial charge in [0.25, 0.3) is 5.69 Å². The molecule has 1 aliphatic heterocycles. The SMILES string of the molecule is CCC1CCCN1Cc1ccc(NN)c([N+](=O)[O-])c1. The number of hydrogen-bond donors (Lipinski definition) is 2. The standard InChI is InChI=1S/C13H20N4O2/c1-2-11-4-3-7-16(11)9-10-5-6-12(15-14)13(8-10)17(18)19/h5-6,8,11,15H,2-4,7,9,14H2,1H3. The van der Waals surface area contributed by atoms with Gasteiger partial charge < -0.3 is 5.43 Å². The molecular formula is C13H20N4O2. The van der Waals surface area contributed by atoms with Gasteiger partial charge in [-0.1, -0.05) is 13.0 Å². The van der Waals surface area contributed by atoms with Crippen molar-refractivity contribution in [2.45, 2.75) is 38.8 Å². The average molecular weight is 264 g/mol. The van der Waals surface area contributed by atoms with Crippen molar-refractivity contribution in [3.63, 3.8) is 0 Å². The number of nitrogens with two attached hydrogens (primary N) is 1. The summed E-state index contributed by atoms with van der Waals surface area (Å²) in [5, 5.41) is 11.0. The minimum Gasteiger partial charge on any atom is -0.318 e. The van der Waals surface area contributed by atoms with Crippen LogP contribution in [-0.4, -0.2) is 22.4 Å². The molecule has 0 saturated carbocycles. The van der Waals surface area contributed by atoms with Crippen molar-refractivity contribution in [1.29, 1.82) is 0 Å². The molecule has 1 aromatic carbocycles. The van der Waals surface area contributed by atoms with Crippen LogP contribution in [0.3, 0.4) is 0 Å². The van der Waals surface area contributed by atoms with E-state index in [4.69, 9.17) is 5.84 Å². The van der Waals surface area contributed by atoms with Crippen LogP contribution in [0.1, 0.15) is 31.7 Å². The first-order valence-corrected chi connectivity index (χ1v) is 6.63. The van der Waals surface area contributed by atoms with E-state index in [1.165, 1.54) is 12.8 Å². The Balaban J connectivity index is 2.17. The molecule has 2 rings (SSSR count). The fourth-order valence-corrected chi connectivity index (χ4v) is 2.75. The summed E-state index contributed by atoms with van der Waals surface area (Å²) < 4.78 is 0. The van der Waals surface area contributed by atoms with Gasteiger partial charge in [0, 0.05) is 18.7 Å². The normalized spacial score (nSPS) is 19.6. The smallest absolute Gasteiger partial charge is 0.293 e. The predicted molar refractivity (Wildman–Crippen MR) is 74.6 cm³/mol. The number of nitrogen functional groups attached to an aromatic ring is 1. The van der Waals surface area contributed by atoms with Gasteiger partial charge in [-0.15, -0.1) is 0 Å². The van der Waals surface area contributed by atoms with Gasteiger partial charge in [0.2, 0.25) is 0 Å². The largest absolute Gasteiger partial charge is 0.318 e. The van der Waals surface area contributed by atoms with Crippen molar-refractivity contribution < 1.29 is 4.92 Å². The summed E-state index contributed by atoms with van der Waals surface area (Å²) in [5.74, 6) is 5.28. The molecule has 1 saturated heterocycles. The number of anilines is 1. The third-order valence-corrected chi connectivity index (χ3v) is 3.77. The van der Waals surface area contributed by atoms with Crippen LogP contribution in [0, 0.1) is 10.1 Å². The van der Waals surface area contributed by atoms with Crippen molar-refractivity contribution in [2.24, 2.45) is 5.84 Å². The Morgan fingerprint density at radius 2 is 2.37 bits per heavy atom. The van der Waals surface area contributed by atoms with Gasteiger partial charge in [-0.25, -0.2) is 0 Å². The number of hydrazine groups is 1. The molecule has 1 unspecified atom stereocenters. The van der Waals surface area contributed by atoms with Crippen molar-refractivity contribution in [1.82, 2.24) is 4.90 Å². The minimum atomic E-state index is -0.403. The molecule has 6 nitrogen and oxygen atoms in total. The summed E-state index contributed by atoms with van der Waals surface area (Å²) in [7, 11) is 0. The number of likely N-dealkylation sites (tertiary alicyclic amines) is 1. The Morgan fingerprint density at radius 1 is 1.58 bits per heavy atom. The van der Waals surface area contributed by atoms with E-state index in [2.05, 4.69) is 17.2 Å². The summed E-state index contributed by atoms with van der Waals surface area (Å²) in [5.41, 5.74) is 3.71. The van der Waals surface area contributed by atoms with Gasteiger partial charge in [0.05, 0.1) is 4.92 Å². The molecule has 104 valence electrons. The Hall–Kier alpha value is -1.66. The molecule has 0 amide bonds. The monoisotopic (exact) mass is 264 g/mol. The summed E-state index contributed by atoms with van der Waals surface area (Å²) in [6.07, 6.45) is 3.56. The van der Waals surface area contributed by atoms with Crippen LogP contribution in [0.5, 0.6) is 0 Å². The van der Waals surface area contributed by atoms with Crippen LogP contribution in [0.4, 0.5) is 11.4 Å². The maximum atomic E-state index is 11.0. The second-order valence-corrected chi connectivity index (χ2v) is 4.93. The first-order valence-electron chi connectivity index (χ1n) is 6.63. The van der Waals surface area contributed by atoms with Crippen molar-refractivity contribution in [3.05, 3.63) is 33.9 Å². The summed E-state index contributed by atoms with van der Waals surface area (Å²) in [6.45, 7) is 4.03. The molecule has 3 N–H and O–H groups in total. The van der Waals surface area contributed by atoms with Crippen molar-refractivity contribution >= 4 is 11.4 Å². The van der Waals surface area contributed by atoms with Gasteiger partial charge in [-0.3, -0.25) is 20.9 Å². The minimum absolute atomic E-state index is 0.0345. The fraction of sp³-hybridized carbons (Fsp3) is 0.538. The van der Waals surface area contributed by atoms with Crippen LogP contribution in [0.2, 0.25) is 0 Å². The van der Waals surface area contributed by atoms with Gasteiger partial charge in [0.1, 0.15) is 5.69 Å². The van der Waals surface area contributed by atoms with Crippen LogP contribution in [0.25, 0.3) is 0 Å². The number of nitrogens with zero attached hydrogens (tertiary/aromatic N) is 2. The molecule has 1 aromatic rings. The molecule has 0 aliphatic carbocycles. The van der Waals surface area contributed by atoms with E-state index in [9.17, 15) is 10.1 Å². The number of nitro groups is 1. The predicted octanol–water partition coefficient (Wildman–Crippen LogP) is 2.25. The van der Waals surface area contributed by atoms with Gasteiger partial charge in [0.15, 0.2) is 0 Å². The molecule has 1 aliphatic rings. The highest BCUT2D eigenvalue weighted by atomic mass is 16.6. The topological polar surface area (TPSA) is 84.4 Å². The number of hydrogen-bond acceptors (Lipinski definition) is 5. The van der Waals surface area contributed by atoms with E-state index in [1.807, 2.05) is 6.07 Å². The molecule has 1 atom stereocenters. The third kappa shape index (κ3) is 3.02. The van der Waals surface area contributed by atoms with Gasteiger partial charge in [-0.2, -0.15) is 0 Å². The summed E-state index contributed by atoms with van der Waals surface area (Å²) in [4.78, 5) is 13.0. The lowest BCUT2D eigenvalue weighted by molar-refractivity contribution is -0.384. The Bertz CT molecular complexity index is 464. The first-order chi connectivity index (χ1) is 9.15. The van der Waals surface area contributed by atoms with E-state index in [0.29, 0.717) is 11.7 Å². The molecule has 19 heavy (non-hydrogen) atoms. The zero-order chi connectivity index (χ0) is 13.8. The lowest BCUT2D eigenvalue weighted by Gasteiger charge is -2.23. The maximum absolute atomic E-state index is 11.0. The molecule has 1 heterocycles. The van der Waals surface area contributed by atoms with Crippen LogP contribution < -0.4 is 11.3 Å². The number of benzene rings is 1. The second-order valence-electron chi connectivity index (χ2n) is 4.93. The zero-order valence-electron chi connectivity index (χ0n) is 11.1. The Morgan fingerprint density at radius 3 is 3.00 bits per heavy atom. The number of nitro benzene ring substituents is 1. The van der Waals surface area contributed by atoms with Crippen LogP contribution in [-0.2, 0) is 6.54 Å². The van der Waals surface area contributed by atoms with E-state index in [1.54, 1.807) is 12.1 Å². The quantitative estimate of drug-likeness (QED) is 0.484. The van der Waals surface area contributed by atoms with Crippen LogP contribution >= 0.6 is 0 Å². The van der Waals surface area contributed by atoms with E-state index < -0.39 is 4.92 Å². The highest BCUT2D eigenvalue weighted by Gasteiger charge is 2.23. The average Bonchev–Trinajstić information content (AvgIpc) is 2.85. The van der Waals surface area contributed by atoms with E-state index in [0.717, 1.165) is 25.1 Å². The van der Waals surface area contributed by atoms with Crippen molar-refractivity contribution in [2.75, 3.05) is 12.0 Å². The fourth-order valence-electron chi connectivity index (χ4n) is 2.75. The summed E-state index contributed by atoms with van der Waals surface area (Å²) >= 11 is 0. The lowest BCUT2D eigenvalue weighted by atomic mass is 10.1. The molecular weight excluding hydrogens is 244 g/mol. The van der Waals surface area contributed by atoms with Crippen molar-refractivity contribution in [3.8, 4) is 0 Å². The van der Waals surface area contributed by atoms with E-state index in [-0.39, 0.29) is 5.69 Å². The second kappa shape index (κ2) is 5.99. The Labute approximate surface area is 112 Å². The molecule has 0 aromatic heterocycles. The lowest BCUT2D eigenvalue weighted by Crippen LogP contribution is -2.28. The highest BCUT2D eigenvalue weighted by Crippen LogP contribution is 2.27. The maximum Gasteiger partial charge on any atom is 0.293 e. The molecule has 0 bridgehead atoms. The van der Waals surface area contributed by atoms with Gasteiger partial charge >= 0.3 is 0 Å². The zero-order valence-corrected chi connectivity index (χ0v) is 11.1. The van der Waals surface area contributed by atoms with E-state index >= 15 is 0 Å². The molecule has 6 heteroatoms. The molecule has 0 spiro atoms. The first kappa shape index (κ1) is 13.8. The van der Waals surface area contributed by atoms with Crippen LogP contribution in [0.15, 0.2) is 18.2 Å². The third-order valence-electron chi connectivity index (χ3n) is 3.77.